The molecule has 0 aromatic heterocycles. The number of hydrogen-bond acceptors (Lipinski definition) is 2. The molecule has 0 aliphatic heterocycles. The van der Waals surface area contributed by atoms with E-state index in [-0.39, 0.29) is 0 Å². The summed E-state index contributed by atoms with van der Waals surface area (Å²) in [5, 5.41) is 9.41. The van der Waals surface area contributed by atoms with E-state index in [4.69, 9.17) is 4.74 Å². The number of phenols is 1. The summed E-state index contributed by atoms with van der Waals surface area (Å²) >= 11 is 0. The van der Waals surface area contributed by atoms with Gasteiger partial charge in [-0.25, -0.2) is 0 Å². The molecule has 0 spiro atoms. The molecule has 2 heteroatoms. The summed E-state index contributed by atoms with van der Waals surface area (Å²) in [7, 11) is 0. The highest BCUT2D eigenvalue weighted by Crippen LogP contribution is 2.19. The Kier molecular flexibility index (Phi) is 3.66. The van der Waals surface area contributed by atoms with E-state index in [0.717, 1.165) is 23.3 Å². The third-order valence-electron chi connectivity index (χ3n) is 2.71. The molecule has 17 heavy (non-hydrogen) atoms. The fourth-order valence-corrected chi connectivity index (χ4v) is 1.76. The van der Waals surface area contributed by atoms with Crippen molar-refractivity contribution in [3.8, 4) is 11.5 Å². The lowest BCUT2D eigenvalue weighted by Crippen LogP contribution is -1.99. The predicted octanol–water partition coefficient (Wildman–Crippen LogP) is 3.53. The smallest absolute Gasteiger partial charge is 0.119 e. The maximum Gasteiger partial charge on any atom is 0.119 e. The normalized spacial score (nSPS) is 10.2. The molecule has 2 aromatic rings. The lowest BCUT2D eigenvalue weighted by atomic mass is 10.1. The maximum absolute atomic E-state index is 9.41. The van der Waals surface area contributed by atoms with Gasteiger partial charge in [-0.2, -0.15) is 0 Å². The second kappa shape index (κ2) is 5.39. The standard InChI is InChI=1S/C15H16O2/c1-2-12-10-14(16)9-8-13(12)11-17-15-6-4-3-5-7-15/h3-10,16H,2,11H2,1H3. The molecule has 0 bridgehead atoms. The molecule has 0 heterocycles. The zero-order chi connectivity index (χ0) is 12.1. The van der Waals surface area contributed by atoms with E-state index in [1.54, 1.807) is 12.1 Å². The minimum Gasteiger partial charge on any atom is -0.508 e. The first kappa shape index (κ1) is 11.5. The van der Waals surface area contributed by atoms with Gasteiger partial charge in [-0.05, 0) is 41.8 Å². The zero-order valence-electron chi connectivity index (χ0n) is 9.89. The van der Waals surface area contributed by atoms with Crippen LogP contribution in [0, 0.1) is 0 Å². The average Bonchev–Trinajstić information content (AvgIpc) is 2.38. The van der Waals surface area contributed by atoms with Crippen LogP contribution in [0.4, 0.5) is 0 Å². The van der Waals surface area contributed by atoms with E-state index in [1.807, 2.05) is 36.4 Å². The Morgan fingerprint density at radius 1 is 1.00 bits per heavy atom. The van der Waals surface area contributed by atoms with Crippen molar-refractivity contribution in [3.05, 3.63) is 59.7 Å². The minimum atomic E-state index is 0.310. The number of para-hydroxylation sites is 1. The number of aromatic hydroxyl groups is 1. The van der Waals surface area contributed by atoms with Crippen molar-refractivity contribution in [2.75, 3.05) is 0 Å². The summed E-state index contributed by atoms with van der Waals surface area (Å²) in [5.74, 6) is 1.17. The average molecular weight is 228 g/mol. The molecule has 0 saturated heterocycles. The van der Waals surface area contributed by atoms with Gasteiger partial charge in [0.2, 0.25) is 0 Å². The van der Waals surface area contributed by atoms with E-state index in [2.05, 4.69) is 6.92 Å². The second-order valence-electron chi connectivity index (χ2n) is 3.91. The summed E-state index contributed by atoms with van der Waals surface area (Å²) in [6.07, 6.45) is 0.891. The van der Waals surface area contributed by atoms with Crippen LogP contribution in [0.5, 0.6) is 11.5 Å². The summed E-state index contributed by atoms with van der Waals surface area (Å²) in [5.41, 5.74) is 2.25. The molecule has 2 aromatic carbocycles. The number of hydrogen-bond donors (Lipinski definition) is 1. The molecular weight excluding hydrogens is 212 g/mol. The Morgan fingerprint density at radius 3 is 2.47 bits per heavy atom. The molecular formula is C15H16O2. The lowest BCUT2D eigenvalue weighted by molar-refractivity contribution is 0.305. The van der Waals surface area contributed by atoms with Crippen LogP contribution in [0.2, 0.25) is 0 Å². The zero-order valence-corrected chi connectivity index (χ0v) is 9.89. The van der Waals surface area contributed by atoms with Crippen LogP contribution in [0.3, 0.4) is 0 Å². The maximum atomic E-state index is 9.41. The van der Waals surface area contributed by atoms with Crippen LogP contribution in [0.1, 0.15) is 18.1 Å². The number of phenolic OH excluding ortho intramolecular Hbond substituents is 1. The third-order valence-corrected chi connectivity index (χ3v) is 2.71. The van der Waals surface area contributed by atoms with Crippen molar-refractivity contribution in [3.63, 3.8) is 0 Å². The summed E-state index contributed by atoms with van der Waals surface area (Å²) in [6.45, 7) is 2.61. The Labute approximate surface area is 101 Å². The molecule has 0 amide bonds. The fourth-order valence-electron chi connectivity index (χ4n) is 1.76. The van der Waals surface area contributed by atoms with Gasteiger partial charge in [0, 0.05) is 0 Å². The summed E-state index contributed by atoms with van der Waals surface area (Å²) < 4.78 is 5.69. The van der Waals surface area contributed by atoms with Crippen LogP contribution < -0.4 is 4.74 Å². The highest BCUT2D eigenvalue weighted by atomic mass is 16.5. The van der Waals surface area contributed by atoms with Crippen molar-refractivity contribution in [2.24, 2.45) is 0 Å². The van der Waals surface area contributed by atoms with Gasteiger partial charge < -0.3 is 9.84 Å². The molecule has 0 saturated carbocycles. The van der Waals surface area contributed by atoms with E-state index in [0.29, 0.717) is 12.4 Å². The first-order valence-electron chi connectivity index (χ1n) is 5.78. The van der Waals surface area contributed by atoms with Gasteiger partial charge in [0.1, 0.15) is 18.1 Å². The highest BCUT2D eigenvalue weighted by molar-refractivity contribution is 5.35. The second-order valence-corrected chi connectivity index (χ2v) is 3.91. The van der Waals surface area contributed by atoms with Gasteiger partial charge in [0.05, 0.1) is 0 Å². The van der Waals surface area contributed by atoms with Crippen LogP contribution >= 0.6 is 0 Å². The molecule has 0 aliphatic rings. The highest BCUT2D eigenvalue weighted by Gasteiger charge is 2.03. The van der Waals surface area contributed by atoms with Crippen molar-refractivity contribution < 1.29 is 9.84 Å². The number of benzene rings is 2. The molecule has 0 aliphatic carbocycles. The topological polar surface area (TPSA) is 29.5 Å². The van der Waals surface area contributed by atoms with Gasteiger partial charge in [0.25, 0.3) is 0 Å². The van der Waals surface area contributed by atoms with Gasteiger partial charge in [-0.15, -0.1) is 0 Å². The minimum absolute atomic E-state index is 0.310. The van der Waals surface area contributed by atoms with Crippen molar-refractivity contribution in [1.82, 2.24) is 0 Å². The molecule has 0 unspecified atom stereocenters. The Morgan fingerprint density at radius 2 is 1.76 bits per heavy atom. The molecule has 0 radical (unpaired) electrons. The van der Waals surface area contributed by atoms with E-state index in [9.17, 15) is 5.11 Å². The van der Waals surface area contributed by atoms with Gasteiger partial charge in [-0.3, -0.25) is 0 Å². The molecule has 88 valence electrons. The van der Waals surface area contributed by atoms with Gasteiger partial charge in [-0.1, -0.05) is 31.2 Å². The van der Waals surface area contributed by atoms with Crippen LogP contribution in [-0.2, 0) is 13.0 Å². The summed E-state index contributed by atoms with van der Waals surface area (Å²) in [4.78, 5) is 0. The molecule has 1 N–H and O–H groups in total. The predicted molar refractivity (Wildman–Crippen MR) is 68.3 cm³/mol. The fraction of sp³-hybridized carbons (Fsp3) is 0.200. The first-order chi connectivity index (χ1) is 8.29. The van der Waals surface area contributed by atoms with E-state index >= 15 is 0 Å². The molecule has 2 nitrogen and oxygen atoms in total. The van der Waals surface area contributed by atoms with Crippen LogP contribution in [0.15, 0.2) is 48.5 Å². The van der Waals surface area contributed by atoms with E-state index < -0.39 is 0 Å². The van der Waals surface area contributed by atoms with Crippen molar-refractivity contribution in [2.45, 2.75) is 20.0 Å². The first-order valence-corrected chi connectivity index (χ1v) is 5.78. The Balaban J connectivity index is 2.09. The lowest BCUT2D eigenvalue weighted by Gasteiger charge is -2.10. The van der Waals surface area contributed by atoms with Crippen molar-refractivity contribution >= 4 is 0 Å². The van der Waals surface area contributed by atoms with Crippen LogP contribution in [0.25, 0.3) is 0 Å². The Hall–Kier alpha value is -1.96. The van der Waals surface area contributed by atoms with E-state index in [1.165, 1.54) is 0 Å². The van der Waals surface area contributed by atoms with Crippen LogP contribution in [-0.4, -0.2) is 5.11 Å². The number of rotatable bonds is 4. The third kappa shape index (κ3) is 3.00. The number of aryl methyl sites for hydroxylation is 1. The molecule has 0 atom stereocenters. The van der Waals surface area contributed by atoms with Gasteiger partial charge in [0.15, 0.2) is 0 Å². The Bertz CT molecular complexity index is 478. The quantitative estimate of drug-likeness (QED) is 0.867. The summed E-state index contributed by atoms with van der Waals surface area (Å²) in [6, 6.07) is 15.1. The monoisotopic (exact) mass is 228 g/mol. The molecule has 2 rings (SSSR count). The molecule has 0 fully saturated rings. The number of ether oxygens (including phenoxy) is 1. The van der Waals surface area contributed by atoms with Gasteiger partial charge >= 0.3 is 0 Å². The van der Waals surface area contributed by atoms with Crippen molar-refractivity contribution in [1.29, 1.82) is 0 Å². The SMILES string of the molecule is CCc1cc(O)ccc1COc1ccccc1. The largest absolute Gasteiger partial charge is 0.508 e.